The molecular weight excluding hydrogens is 272 g/mol. The molecule has 0 saturated carbocycles. The van der Waals surface area contributed by atoms with E-state index >= 15 is 0 Å². The van der Waals surface area contributed by atoms with E-state index < -0.39 is 5.97 Å². The molecule has 3 aromatic rings. The molecule has 1 aromatic carbocycles. The van der Waals surface area contributed by atoms with Gasteiger partial charge in [0, 0.05) is 12.7 Å². The molecule has 0 aliphatic heterocycles. The standard InChI is InChI=1S/C14H14N4O3/c1-9-7-15-17(8-9)5-6-18-11-4-2-3-10(13(19)20)12(11)16-14(18)21/h2-4,7-8H,5-6H2,1H3,(H,16,21)(H,19,20). The van der Waals surface area contributed by atoms with Crippen molar-refractivity contribution in [3.05, 3.63) is 52.2 Å². The number of aromatic carboxylic acids is 1. The predicted octanol–water partition coefficient (Wildman–Crippen LogP) is 1.23. The number of imidazole rings is 1. The van der Waals surface area contributed by atoms with Gasteiger partial charge in [0.05, 0.1) is 29.3 Å². The second kappa shape index (κ2) is 4.93. The zero-order valence-corrected chi connectivity index (χ0v) is 11.4. The van der Waals surface area contributed by atoms with Crippen LogP contribution in [-0.2, 0) is 13.1 Å². The zero-order valence-electron chi connectivity index (χ0n) is 11.4. The number of benzene rings is 1. The second-order valence-electron chi connectivity index (χ2n) is 4.87. The maximum absolute atomic E-state index is 12.0. The van der Waals surface area contributed by atoms with Gasteiger partial charge in [-0.05, 0) is 24.6 Å². The molecule has 0 radical (unpaired) electrons. The van der Waals surface area contributed by atoms with Crippen LogP contribution in [0.3, 0.4) is 0 Å². The maximum Gasteiger partial charge on any atom is 0.337 e. The minimum Gasteiger partial charge on any atom is -0.478 e. The summed E-state index contributed by atoms with van der Waals surface area (Å²) in [5.41, 5.74) is 1.77. The molecule has 3 rings (SSSR count). The van der Waals surface area contributed by atoms with E-state index in [4.69, 9.17) is 5.11 Å². The fraction of sp³-hybridized carbons (Fsp3) is 0.214. The third-order valence-electron chi connectivity index (χ3n) is 3.36. The summed E-state index contributed by atoms with van der Waals surface area (Å²) in [4.78, 5) is 25.8. The number of para-hydroxylation sites is 1. The molecule has 2 heterocycles. The highest BCUT2D eigenvalue weighted by Crippen LogP contribution is 2.15. The Hall–Kier alpha value is -2.83. The van der Waals surface area contributed by atoms with Crippen LogP contribution in [0.2, 0.25) is 0 Å². The number of rotatable bonds is 4. The normalized spacial score (nSPS) is 11.1. The van der Waals surface area contributed by atoms with Gasteiger partial charge >= 0.3 is 11.7 Å². The zero-order chi connectivity index (χ0) is 15.0. The third-order valence-corrected chi connectivity index (χ3v) is 3.36. The molecule has 0 bridgehead atoms. The number of carbonyl (C=O) groups is 1. The van der Waals surface area contributed by atoms with Crippen molar-refractivity contribution in [1.29, 1.82) is 0 Å². The van der Waals surface area contributed by atoms with Crippen molar-refractivity contribution in [2.75, 3.05) is 0 Å². The van der Waals surface area contributed by atoms with Crippen LogP contribution < -0.4 is 5.69 Å². The highest BCUT2D eigenvalue weighted by atomic mass is 16.4. The lowest BCUT2D eigenvalue weighted by Crippen LogP contribution is -2.19. The largest absolute Gasteiger partial charge is 0.478 e. The summed E-state index contributed by atoms with van der Waals surface area (Å²) in [6.07, 6.45) is 3.64. The minimum atomic E-state index is -1.06. The topological polar surface area (TPSA) is 92.9 Å². The van der Waals surface area contributed by atoms with E-state index in [0.717, 1.165) is 5.56 Å². The van der Waals surface area contributed by atoms with Crippen molar-refractivity contribution >= 4 is 17.0 Å². The molecule has 2 N–H and O–H groups in total. The van der Waals surface area contributed by atoms with Crippen LogP contribution in [0.5, 0.6) is 0 Å². The maximum atomic E-state index is 12.0. The molecular formula is C14H14N4O3. The molecule has 108 valence electrons. The van der Waals surface area contributed by atoms with Crippen LogP contribution >= 0.6 is 0 Å². The van der Waals surface area contributed by atoms with Crippen molar-refractivity contribution in [3.8, 4) is 0 Å². The van der Waals surface area contributed by atoms with Crippen molar-refractivity contribution in [3.63, 3.8) is 0 Å². The van der Waals surface area contributed by atoms with Gasteiger partial charge in [0.1, 0.15) is 0 Å². The van der Waals surface area contributed by atoms with Gasteiger partial charge in [-0.25, -0.2) is 9.59 Å². The van der Waals surface area contributed by atoms with E-state index in [9.17, 15) is 9.59 Å². The van der Waals surface area contributed by atoms with Crippen LogP contribution in [0, 0.1) is 6.92 Å². The van der Waals surface area contributed by atoms with Crippen molar-refractivity contribution in [1.82, 2.24) is 19.3 Å². The minimum absolute atomic E-state index is 0.0956. The quantitative estimate of drug-likeness (QED) is 0.754. The number of nitrogens with one attached hydrogen (secondary N) is 1. The monoisotopic (exact) mass is 286 g/mol. The Kier molecular flexibility index (Phi) is 3.09. The van der Waals surface area contributed by atoms with E-state index in [1.165, 1.54) is 10.6 Å². The molecule has 7 heteroatoms. The Morgan fingerprint density at radius 2 is 2.19 bits per heavy atom. The van der Waals surface area contributed by atoms with Gasteiger partial charge in [0.15, 0.2) is 0 Å². The smallest absolute Gasteiger partial charge is 0.337 e. The van der Waals surface area contributed by atoms with Crippen LogP contribution in [0.15, 0.2) is 35.4 Å². The summed E-state index contributed by atoms with van der Waals surface area (Å²) >= 11 is 0. The van der Waals surface area contributed by atoms with Crippen molar-refractivity contribution in [2.45, 2.75) is 20.0 Å². The second-order valence-corrected chi connectivity index (χ2v) is 4.87. The summed E-state index contributed by atoms with van der Waals surface area (Å²) in [6.45, 7) is 2.90. The average molecular weight is 286 g/mol. The predicted molar refractivity (Wildman–Crippen MR) is 76.5 cm³/mol. The molecule has 0 amide bonds. The number of aromatic nitrogens is 4. The molecule has 0 unspecified atom stereocenters. The van der Waals surface area contributed by atoms with Crippen LogP contribution in [0.1, 0.15) is 15.9 Å². The number of carboxylic acids is 1. The Morgan fingerprint density at radius 1 is 1.38 bits per heavy atom. The number of aryl methyl sites for hydroxylation is 3. The van der Waals surface area contributed by atoms with Gasteiger partial charge in [-0.2, -0.15) is 5.10 Å². The SMILES string of the molecule is Cc1cnn(CCn2c(=O)[nH]c3c(C(=O)O)cccc32)c1. The van der Waals surface area contributed by atoms with Gasteiger partial charge in [0.25, 0.3) is 0 Å². The lowest BCUT2D eigenvalue weighted by molar-refractivity contribution is 0.0699. The Labute approximate surface area is 119 Å². The first-order chi connectivity index (χ1) is 10.1. The fourth-order valence-electron chi connectivity index (χ4n) is 2.37. The van der Waals surface area contributed by atoms with Gasteiger partial charge in [-0.15, -0.1) is 0 Å². The lowest BCUT2D eigenvalue weighted by Gasteiger charge is -2.04. The van der Waals surface area contributed by atoms with Gasteiger partial charge < -0.3 is 10.1 Å². The number of H-pyrrole nitrogens is 1. The third kappa shape index (κ3) is 2.33. The van der Waals surface area contributed by atoms with Crippen molar-refractivity contribution in [2.24, 2.45) is 0 Å². The molecule has 0 atom stereocenters. The van der Waals surface area contributed by atoms with E-state index in [0.29, 0.717) is 24.1 Å². The number of fused-ring (bicyclic) bond motifs is 1. The molecule has 0 aliphatic carbocycles. The number of hydrogen-bond acceptors (Lipinski definition) is 3. The first kappa shape index (κ1) is 13.2. The molecule has 0 spiro atoms. The van der Waals surface area contributed by atoms with Gasteiger partial charge in [0.2, 0.25) is 0 Å². The summed E-state index contributed by atoms with van der Waals surface area (Å²) in [7, 11) is 0. The van der Waals surface area contributed by atoms with Gasteiger partial charge in [-0.1, -0.05) is 6.07 Å². The first-order valence-corrected chi connectivity index (χ1v) is 6.50. The molecule has 0 fully saturated rings. The Morgan fingerprint density at radius 3 is 2.86 bits per heavy atom. The Bertz CT molecular complexity index is 872. The average Bonchev–Trinajstić information content (AvgIpc) is 2.98. The number of nitrogens with zero attached hydrogens (tertiary/aromatic N) is 3. The van der Waals surface area contributed by atoms with Crippen LogP contribution in [0.4, 0.5) is 0 Å². The first-order valence-electron chi connectivity index (χ1n) is 6.50. The summed E-state index contributed by atoms with van der Waals surface area (Å²) in [5.74, 6) is -1.06. The van der Waals surface area contributed by atoms with Crippen LogP contribution in [0.25, 0.3) is 11.0 Å². The summed E-state index contributed by atoms with van der Waals surface area (Å²) in [5, 5.41) is 13.3. The van der Waals surface area contributed by atoms with E-state index in [2.05, 4.69) is 10.1 Å². The highest BCUT2D eigenvalue weighted by Gasteiger charge is 2.14. The van der Waals surface area contributed by atoms with E-state index in [1.807, 2.05) is 13.1 Å². The molecule has 2 aromatic heterocycles. The summed E-state index contributed by atoms with van der Waals surface area (Å²) in [6, 6.07) is 4.84. The van der Waals surface area contributed by atoms with Gasteiger partial charge in [-0.3, -0.25) is 9.25 Å². The summed E-state index contributed by atoms with van der Waals surface area (Å²) < 4.78 is 3.28. The number of aromatic amines is 1. The fourth-order valence-corrected chi connectivity index (χ4v) is 2.37. The molecule has 0 saturated heterocycles. The number of carboxylic acid groups (broad SMARTS) is 1. The molecule has 0 aliphatic rings. The lowest BCUT2D eigenvalue weighted by atomic mass is 10.2. The number of hydrogen-bond donors (Lipinski definition) is 2. The molecule has 7 nitrogen and oxygen atoms in total. The highest BCUT2D eigenvalue weighted by molar-refractivity contribution is 6.00. The van der Waals surface area contributed by atoms with E-state index in [-0.39, 0.29) is 11.3 Å². The van der Waals surface area contributed by atoms with Crippen molar-refractivity contribution < 1.29 is 9.90 Å². The molecule has 21 heavy (non-hydrogen) atoms. The Balaban J connectivity index is 1.99. The van der Waals surface area contributed by atoms with E-state index in [1.54, 1.807) is 23.0 Å². The van der Waals surface area contributed by atoms with Crippen LogP contribution in [-0.4, -0.2) is 30.4 Å².